The van der Waals surface area contributed by atoms with E-state index in [1.807, 2.05) is 26.2 Å². The zero-order chi connectivity index (χ0) is 14.8. The van der Waals surface area contributed by atoms with Gasteiger partial charge < -0.3 is 15.2 Å². The minimum absolute atomic E-state index is 0.315. The second kappa shape index (κ2) is 5.79. The summed E-state index contributed by atoms with van der Waals surface area (Å²) in [5.41, 5.74) is 2.40. The monoisotopic (exact) mass is 275 g/mol. The average molecular weight is 275 g/mol. The Morgan fingerprint density at radius 2 is 2.05 bits per heavy atom. The third-order valence-electron chi connectivity index (χ3n) is 3.26. The average Bonchev–Trinajstić information content (AvgIpc) is 2.69. The molecule has 5 nitrogen and oxygen atoms in total. The van der Waals surface area contributed by atoms with Gasteiger partial charge in [0.15, 0.2) is 5.82 Å². The molecule has 0 aliphatic carbocycles. The molecule has 2 aromatic heterocycles. The lowest BCUT2D eigenvalue weighted by Crippen LogP contribution is -2.29. The molecule has 0 aliphatic heterocycles. The van der Waals surface area contributed by atoms with Crippen molar-refractivity contribution in [1.82, 2.24) is 19.9 Å². The maximum absolute atomic E-state index is 4.62. The third-order valence-corrected chi connectivity index (χ3v) is 3.26. The van der Waals surface area contributed by atoms with Crippen molar-refractivity contribution in [3.05, 3.63) is 18.1 Å². The van der Waals surface area contributed by atoms with E-state index in [1.165, 1.54) is 0 Å². The molecule has 0 saturated heterocycles. The number of anilines is 1. The number of fused-ring (bicyclic) bond motifs is 1. The lowest BCUT2D eigenvalue weighted by molar-refractivity contribution is 0.376. The van der Waals surface area contributed by atoms with Crippen LogP contribution in [0.25, 0.3) is 11.0 Å². The summed E-state index contributed by atoms with van der Waals surface area (Å²) in [6, 6.07) is 2.03. The molecule has 0 atom stereocenters. The van der Waals surface area contributed by atoms with Crippen molar-refractivity contribution in [3.63, 3.8) is 0 Å². The van der Waals surface area contributed by atoms with Gasteiger partial charge in [-0.05, 0) is 18.4 Å². The highest BCUT2D eigenvalue weighted by Crippen LogP contribution is 2.21. The van der Waals surface area contributed by atoms with Crippen LogP contribution in [0.3, 0.4) is 0 Å². The van der Waals surface area contributed by atoms with Crippen molar-refractivity contribution < 1.29 is 0 Å². The van der Waals surface area contributed by atoms with E-state index in [-0.39, 0.29) is 0 Å². The van der Waals surface area contributed by atoms with Gasteiger partial charge in [0, 0.05) is 32.9 Å². The Morgan fingerprint density at radius 3 is 2.70 bits per heavy atom. The maximum Gasteiger partial charge on any atom is 0.153 e. The van der Waals surface area contributed by atoms with Crippen LogP contribution in [0.5, 0.6) is 0 Å². The van der Waals surface area contributed by atoms with Crippen molar-refractivity contribution >= 4 is 16.9 Å². The number of aryl methyl sites for hydroxylation is 1. The van der Waals surface area contributed by atoms with Crippen molar-refractivity contribution in [1.29, 1.82) is 0 Å². The molecule has 0 aromatic carbocycles. The lowest BCUT2D eigenvalue weighted by Gasteiger charge is -2.19. The Labute approximate surface area is 120 Å². The lowest BCUT2D eigenvalue weighted by atomic mass is 9.97. The number of hydrogen-bond acceptors (Lipinski definition) is 4. The summed E-state index contributed by atoms with van der Waals surface area (Å²) < 4.78 is 2.24. The van der Waals surface area contributed by atoms with Crippen molar-refractivity contribution in [3.8, 4) is 0 Å². The fourth-order valence-corrected chi connectivity index (χ4v) is 2.29. The molecule has 2 heterocycles. The van der Waals surface area contributed by atoms with Crippen molar-refractivity contribution in [2.45, 2.75) is 34.2 Å². The summed E-state index contributed by atoms with van der Waals surface area (Å²) in [6.07, 6.45) is 1.83. The second-order valence-corrected chi connectivity index (χ2v) is 6.33. The van der Waals surface area contributed by atoms with E-state index in [0.717, 1.165) is 42.3 Å². The molecule has 0 bridgehead atoms. The number of nitrogens with one attached hydrogen (secondary N) is 2. The highest BCUT2D eigenvalue weighted by molar-refractivity contribution is 5.86. The molecule has 110 valence electrons. The first-order valence-electron chi connectivity index (χ1n) is 7.13. The standard InChI is InChI=1S/C15H25N5/c1-11-19-13-12(6-7-18-14(13)16-5)20(11)9-8-17-10-15(2,3)4/h6-7,17H,8-10H2,1-5H3,(H,16,18). The number of imidazole rings is 1. The maximum atomic E-state index is 4.62. The molecule has 2 N–H and O–H groups in total. The molecule has 0 saturated carbocycles. The van der Waals surface area contributed by atoms with E-state index in [9.17, 15) is 0 Å². The SMILES string of the molecule is CNc1nccc2c1nc(C)n2CCNCC(C)(C)C. The molecular weight excluding hydrogens is 250 g/mol. The van der Waals surface area contributed by atoms with Crippen LogP contribution in [0.15, 0.2) is 12.3 Å². The van der Waals surface area contributed by atoms with Crippen LogP contribution in [-0.2, 0) is 6.54 Å². The Balaban J connectivity index is 2.12. The predicted molar refractivity (Wildman–Crippen MR) is 84.1 cm³/mol. The smallest absolute Gasteiger partial charge is 0.153 e. The predicted octanol–water partition coefficient (Wildman–Crippen LogP) is 2.42. The number of hydrogen-bond donors (Lipinski definition) is 2. The summed E-state index contributed by atoms with van der Waals surface area (Å²) in [7, 11) is 1.88. The Bertz CT molecular complexity index is 580. The van der Waals surface area contributed by atoms with Crippen LogP contribution in [0.1, 0.15) is 26.6 Å². The van der Waals surface area contributed by atoms with E-state index < -0.39 is 0 Å². The van der Waals surface area contributed by atoms with Gasteiger partial charge in [-0.15, -0.1) is 0 Å². The van der Waals surface area contributed by atoms with Gasteiger partial charge in [0.05, 0.1) is 5.52 Å². The molecule has 2 rings (SSSR count). The molecule has 0 radical (unpaired) electrons. The minimum Gasteiger partial charge on any atom is -0.371 e. The van der Waals surface area contributed by atoms with E-state index in [0.29, 0.717) is 5.41 Å². The number of nitrogens with zero attached hydrogens (tertiary/aromatic N) is 3. The van der Waals surface area contributed by atoms with Gasteiger partial charge in [0.2, 0.25) is 0 Å². The topological polar surface area (TPSA) is 54.8 Å². The molecule has 0 aliphatic rings. The molecule has 20 heavy (non-hydrogen) atoms. The Morgan fingerprint density at radius 1 is 1.30 bits per heavy atom. The molecule has 0 amide bonds. The van der Waals surface area contributed by atoms with Crippen molar-refractivity contribution in [2.75, 3.05) is 25.5 Å². The third kappa shape index (κ3) is 3.28. The highest BCUT2D eigenvalue weighted by atomic mass is 15.1. The first-order chi connectivity index (χ1) is 9.42. The summed E-state index contributed by atoms with van der Waals surface area (Å²) in [6.45, 7) is 11.6. The molecule has 5 heteroatoms. The normalized spacial score (nSPS) is 12.1. The first-order valence-corrected chi connectivity index (χ1v) is 7.13. The number of pyridine rings is 1. The second-order valence-electron chi connectivity index (χ2n) is 6.33. The molecular formula is C15H25N5. The van der Waals surface area contributed by atoms with Crippen LogP contribution in [0.2, 0.25) is 0 Å². The Kier molecular flexibility index (Phi) is 4.28. The quantitative estimate of drug-likeness (QED) is 0.823. The van der Waals surface area contributed by atoms with Gasteiger partial charge in [-0.1, -0.05) is 20.8 Å². The van der Waals surface area contributed by atoms with Gasteiger partial charge in [0.25, 0.3) is 0 Å². The fraction of sp³-hybridized carbons (Fsp3) is 0.600. The summed E-state index contributed by atoms with van der Waals surface area (Å²) in [5.74, 6) is 1.87. The van der Waals surface area contributed by atoms with Gasteiger partial charge in [-0.3, -0.25) is 0 Å². The van der Waals surface area contributed by atoms with Gasteiger partial charge in [0.1, 0.15) is 11.3 Å². The van der Waals surface area contributed by atoms with Gasteiger partial charge >= 0.3 is 0 Å². The van der Waals surface area contributed by atoms with Crippen LogP contribution < -0.4 is 10.6 Å². The molecule has 0 unspecified atom stereocenters. The minimum atomic E-state index is 0.315. The van der Waals surface area contributed by atoms with Crippen LogP contribution in [-0.4, -0.2) is 34.7 Å². The molecule has 2 aromatic rings. The van der Waals surface area contributed by atoms with Crippen LogP contribution >= 0.6 is 0 Å². The Hall–Kier alpha value is -1.62. The van der Waals surface area contributed by atoms with E-state index in [2.05, 4.69) is 45.9 Å². The van der Waals surface area contributed by atoms with Crippen molar-refractivity contribution in [2.24, 2.45) is 5.41 Å². The van der Waals surface area contributed by atoms with E-state index in [4.69, 9.17) is 0 Å². The van der Waals surface area contributed by atoms with Gasteiger partial charge in [-0.25, -0.2) is 9.97 Å². The van der Waals surface area contributed by atoms with Gasteiger partial charge in [-0.2, -0.15) is 0 Å². The summed E-state index contributed by atoms with van der Waals surface area (Å²) >= 11 is 0. The number of rotatable bonds is 5. The highest BCUT2D eigenvalue weighted by Gasteiger charge is 2.12. The van der Waals surface area contributed by atoms with Crippen LogP contribution in [0.4, 0.5) is 5.82 Å². The zero-order valence-corrected chi connectivity index (χ0v) is 13.1. The summed E-state index contributed by atoms with van der Waals surface area (Å²) in [4.78, 5) is 8.93. The molecule has 0 fully saturated rings. The number of aromatic nitrogens is 3. The van der Waals surface area contributed by atoms with E-state index >= 15 is 0 Å². The molecule has 0 spiro atoms. The summed E-state index contributed by atoms with van der Waals surface area (Å²) in [5, 5.41) is 6.60. The van der Waals surface area contributed by atoms with Crippen LogP contribution in [0, 0.1) is 12.3 Å². The largest absolute Gasteiger partial charge is 0.371 e. The van der Waals surface area contributed by atoms with E-state index in [1.54, 1.807) is 0 Å². The fourth-order valence-electron chi connectivity index (χ4n) is 2.29. The zero-order valence-electron chi connectivity index (χ0n) is 13.1. The first kappa shape index (κ1) is 14.8.